The average Bonchev–Trinajstić information content (AvgIpc) is 2.67. The van der Waals surface area contributed by atoms with Gasteiger partial charge in [0, 0.05) is 6.04 Å². The number of ether oxygens (including phenoxy) is 1. The predicted molar refractivity (Wildman–Crippen MR) is 95.6 cm³/mol. The molecule has 2 aromatic rings. The summed E-state index contributed by atoms with van der Waals surface area (Å²) in [7, 11) is 1.48. The zero-order valence-corrected chi connectivity index (χ0v) is 14.2. The Morgan fingerprint density at radius 1 is 1.00 bits per heavy atom. The van der Waals surface area contributed by atoms with E-state index in [0.717, 1.165) is 25.7 Å². The first-order valence-corrected chi connectivity index (χ1v) is 8.71. The van der Waals surface area contributed by atoms with Gasteiger partial charge in [-0.3, -0.25) is 4.79 Å². The molecule has 0 aliphatic heterocycles. The minimum absolute atomic E-state index is 0.0217. The smallest absolute Gasteiger partial charge is 0.308 e. The maximum Gasteiger partial charge on any atom is 0.308 e. The molecule has 2 atom stereocenters. The number of hydrogen-bond acceptors (Lipinski definition) is 3. The highest BCUT2D eigenvalue weighted by atomic mass is 16.5. The molecule has 2 aromatic carbocycles. The lowest BCUT2D eigenvalue weighted by molar-refractivity contribution is -0.146. The Hall–Kier alpha value is -2.13. The second-order valence-corrected chi connectivity index (χ2v) is 6.50. The molecule has 1 aliphatic rings. The first-order valence-electron chi connectivity index (χ1n) is 8.71. The van der Waals surface area contributed by atoms with Crippen LogP contribution in [0.2, 0.25) is 0 Å². The van der Waals surface area contributed by atoms with Crippen molar-refractivity contribution in [3.05, 3.63) is 71.8 Å². The zero-order chi connectivity index (χ0) is 16.8. The van der Waals surface area contributed by atoms with Crippen molar-refractivity contribution < 1.29 is 9.53 Å². The number of esters is 1. The third-order valence-corrected chi connectivity index (χ3v) is 4.88. The standard InChI is InChI=1S/C21H25NO2/c1-24-21(23)18-13-8-14-19(15-18)22-20(16-9-4-2-5-10-16)17-11-6-3-7-12-17/h2-7,9-12,18-20,22H,8,13-15H2,1H3/t18-,19-/m0/s1. The van der Waals surface area contributed by atoms with Crippen LogP contribution in [0, 0.1) is 5.92 Å². The van der Waals surface area contributed by atoms with E-state index in [2.05, 4.69) is 53.8 Å². The second kappa shape index (κ2) is 8.11. The topological polar surface area (TPSA) is 38.3 Å². The van der Waals surface area contributed by atoms with E-state index >= 15 is 0 Å². The fourth-order valence-electron chi connectivity index (χ4n) is 3.63. The number of carbonyl (C=O) groups excluding carboxylic acids is 1. The van der Waals surface area contributed by atoms with Gasteiger partial charge in [-0.1, -0.05) is 67.1 Å². The SMILES string of the molecule is COC(=O)[C@H]1CCC[C@H](NC(c2ccccc2)c2ccccc2)C1. The Bertz CT molecular complexity index is 602. The van der Waals surface area contributed by atoms with Gasteiger partial charge in [-0.25, -0.2) is 0 Å². The van der Waals surface area contributed by atoms with Crippen LogP contribution in [0.1, 0.15) is 42.9 Å². The van der Waals surface area contributed by atoms with Gasteiger partial charge in [0.05, 0.1) is 19.1 Å². The van der Waals surface area contributed by atoms with Crippen LogP contribution >= 0.6 is 0 Å². The Kier molecular flexibility index (Phi) is 5.65. The minimum atomic E-state index is -0.0718. The lowest BCUT2D eigenvalue weighted by Crippen LogP contribution is -2.39. The molecule has 0 spiro atoms. The largest absolute Gasteiger partial charge is 0.469 e. The summed E-state index contributed by atoms with van der Waals surface area (Å²) in [6.45, 7) is 0. The first-order chi connectivity index (χ1) is 11.8. The van der Waals surface area contributed by atoms with Crippen molar-refractivity contribution in [2.24, 2.45) is 5.92 Å². The Morgan fingerprint density at radius 2 is 1.58 bits per heavy atom. The molecular formula is C21H25NO2. The molecule has 126 valence electrons. The highest BCUT2D eigenvalue weighted by molar-refractivity contribution is 5.72. The summed E-state index contributed by atoms with van der Waals surface area (Å²) in [5.74, 6) is -0.0501. The lowest BCUT2D eigenvalue weighted by Gasteiger charge is -2.32. The van der Waals surface area contributed by atoms with Gasteiger partial charge < -0.3 is 10.1 Å². The van der Waals surface area contributed by atoms with Gasteiger partial charge >= 0.3 is 5.97 Å². The first kappa shape index (κ1) is 16.7. The number of nitrogens with one attached hydrogen (secondary N) is 1. The number of hydrogen-bond donors (Lipinski definition) is 1. The molecule has 3 heteroatoms. The maximum absolute atomic E-state index is 11.9. The van der Waals surface area contributed by atoms with Gasteiger partial charge in [0.15, 0.2) is 0 Å². The van der Waals surface area contributed by atoms with Crippen molar-refractivity contribution in [2.45, 2.75) is 37.8 Å². The van der Waals surface area contributed by atoms with Crippen LogP contribution in [-0.2, 0) is 9.53 Å². The minimum Gasteiger partial charge on any atom is -0.469 e. The van der Waals surface area contributed by atoms with E-state index in [1.54, 1.807) is 0 Å². The van der Waals surface area contributed by atoms with E-state index in [-0.39, 0.29) is 17.9 Å². The fraction of sp³-hybridized carbons (Fsp3) is 0.381. The van der Waals surface area contributed by atoms with Crippen molar-refractivity contribution in [1.29, 1.82) is 0 Å². The molecule has 0 unspecified atom stereocenters. The van der Waals surface area contributed by atoms with Gasteiger partial charge in [0.25, 0.3) is 0 Å². The third kappa shape index (κ3) is 4.04. The number of rotatable bonds is 5. The number of carbonyl (C=O) groups is 1. The van der Waals surface area contributed by atoms with Crippen LogP contribution in [0.15, 0.2) is 60.7 Å². The molecule has 0 radical (unpaired) electrons. The van der Waals surface area contributed by atoms with Crippen LogP contribution in [0.25, 0.3) is 0 Å². The van der Waals surface area contributed by atoms with Crippen LogP contribution in [-0.4, -0.2) is 19.1 Å². The maximum atomic E-state index is 11.9. The van der Waals surface area contributed by atoms with Crippen LogP contribution < -0.4 is 5.32 Å². The van der Waals surface area contributed by atoms with Crippen molar-refractivity contribution >= 4 is 5.97 Å². The summed E-state index contributed by atoms with van der Waals surface area (Å²) in [4.78, 5) is 11.9. The van der Waals surface area contributed by atoms with Crippen LogP contribution in [0.5, 0.6) is 0 Å². The summed E-state index contributed by atoms with van der Waals surface area (Å²) in [5, 5.41) is 3.79. The van der Waals surface area contributed by atoms with Crippen molar-refractivity contribution in [3.63, 3.8) is 0 Å². The monoisotopic (exact) mass is 323 g/mol. The lowest BCUT2D eigenvalue weighted by atomic mass is 9.84. The number of methoxy groups -OCH3 is 1. The van der Waals surface area contributed by atoms with Gasteiger partial charge in [0.1, 0.15) is 0 Å². The molecule has 0 aromatic heterocycles. The van der Waals surface area contributed by atoms with E-state index in [9.17, 15) is 4.79 Å². The van der Waals surface area contributed by atoms with E-state index < -0.39 is 0 Å². The zero-order valence-electron chi connectivity index (χ0n) is 14.2. The molecule has 1 aliphatic carbocycles. The summed E-state index contributed by atoms with van der Waals surface area (Å²) >= 11 is 0. The molecule has 0 heterocycles. The molecule has 0 amide bonds. The fourth-order valence-corrected chi connectivity index (χ4v) is 3.63. The molecule has 3 rings (SSSR count). The predicted octanol–water partition coefficient (Wildman–Crippen LogP) is 4.10. The highest BCUT2D eigenvalue weighted by Crippen LogP contribution is 2.29. The van der Waals surface area contributed by atoms with Gasteiger partial charge in [-0.05, 0) is 30.4 Å². The summed E-state index contributed by atoms with van der Waals surface area (Å²) in [5.41, 5.74) is 2.51. The molecular weight excluding hydrogens is 298 g/mol. The van der Waals surface area contributed by atoms with Gasteiger partial charge in [0.2, 0.25) is 0 Å². The summed E-state index contributed by atoms with van der Waals surface area (Å²) in [6, 6.07) is 21.5. The molecule has 1 saturated carbocycles. The Balaban J connectivity index is 1.78. The van der Waals surface area contributed by atoms with Crippen molar-refractivity contribution in [1.82, 2.24) is 5.32 Å². The normalized spacial score (nSPS) is 20.8. The Morgan fingerprint density at radius 3 is 2.12 bits per heavy atom. The van der Waals surface area contributed by atoms with Crippen LogP contribution in [0.4, 0.5) is 0 Å². The molecule has 1 N–H and O–H groups in total. The van der Waals surface area contributed by atoms with Crippen molar-refractivity contribution in [3.8, 4) is 0 Å². The van der Waals surface area contributed by atoms with E-state index in [1.807, 2.05) is 12.1 Å². The van der Waals surface area contributed by atoms with Crippen molar-refractivity contribution in [2.75, 3.05) is 7.11 Å². The Labute approximate surface area is 144 Å². The summed E-state index contributed by atoms with van der Waals surface area (Å²) in [6.07, 6.45) is 3.95. The molecule has 0 saturated heterocycles. The van der Waals surface area contributed by atoms with Gasteiger partial charge in [-0.2, -0.15) is 0 Å². The van der Waals surface area contributed by atoms with Gasteiger partial charge in [-0.15, -0.1) is 0 Å². The molecule has 24 heavy (non-hydrogen) atoms. The van der Waals surface area contributed by atoms with E-state index in [1.165, 1.54) is 18.2 Å². The number of benzene rings is 2. The summed E-state index contributed by atoms with van der Waals surface area (Å²) < 4.78 is 4.95. The quantitative estimate of drug-likeness (QED) is 0.842. The van der Waals surface area contributed by atoms with E-state index in [0.29, 0.717) is 6.04 Å². The molecule has 1 fully saturated rings. The molecule has 0 bridgehead atoms. The average molecular weight is 323 g/mol. The molecule has 3 nitrogen and oxygen atoms in total. The second-order valence-electron chi connectivity index (χ2n) is 6.50. The third-order valence-electron chi connectivity index (χ3n) is 4.88. The van der Waals surface area contributed by atoms with E-state index in [4.69, 9.17) is 4.74 Å². The highest BCUT2D eigenvalue weighted by Gasteiger charge is 2.29. The van der Waals surface area contributed by atoms with Crippen LogP contribution in [0.3, 0.4) is 0 Å².